The van der Waals surface area contributed by atoms with E-state index in [0.29, 0.717) is 6.61 Å². The van der Waals surface area contributed by atoms with E-state index in [9.17, 15) is 0 Å². The molecule has 2 aromatic rings. The van der Waals surface area contributed by atoms with Crippen molar-refractivity contribution in [3.63, 3.8) is 0 Å². The third-order valence-corrected chi connectivity index (χ3v) is 3.01. The number of benzene rings is 1. The maximum atomic E-state index is 5.99. The Morgan fingerprint density at radius 1 is 1.28 bits per heavy atom. The Bertz CT molecular complexity index is 486. The fourth-order valence-corrected chi connectivity index (χ4v) is 2.29. The molecule has 0 N–H and O–H groups in total. The number of hydrogen-bond acceptors (Lipinski definition) is 2. The SMILES string of the molecule is Cc1cc(Cl)cc(C)c1OCCCn1ccnc1. The number of rotatable bonds is 5. The molecule has 4 heteroatoms. The smallest absolute Gasteiger partial charge is 0.125 e. The average Bonchev–Trinajstić information content (AvgIpc) is 2.79. The minimum atomic E-state index is 0.696. The van der Waals surface area contributed by atoms with Crippen molar-refractivity contribution in [2.45, 2.75) is 26.8 Å². The van der Waals surface area contributed by atoms with E-state index in [-0.39, 0.29) is 0 Å². The highest BCUT2D eigenvalue weighted by atomic mass is 35.5. The van der Waals surface area contributed by atoms with Crippen LogP contribution >= 0.6 is 11.6 Å². The summed E-state index contributed by atoms with van der Waals surface area (Å²) < 4.78 is 7.88. The predicted octanol–water partition coefficient (Wildman–Crippen LogP) is 3.62. The van der Waals surface area contributed by atoms with Gasteiger partial charge in [-0.1, -0.05) is 11.6 Å². The van der Waals surface area contributed by atoms with Gasteiger partial charge >= 0.3 is 0 Å². The van der Waals surface area contributed by atoms with Crippen LogP contribution in [0.3, 0.4) is 0 Å². The molecule has 1 aromatic carbocycles. The number of aromatic nitrogens is 2. The minimum absolute atomic E-state index is 0.696. The van der Waals surface area contributed by atoms with Gasteiger partial charge < -0.3 is 9.30 Å². The summed E-state index contributed by atoms with van der Waals surface area (Å²) in [5, 5.41) is 0.760. The Labute approximate surface area is 112 Å². The van der Waals surface area contributed by atoms with E-state index in [1.165, 1.54) is 0 Å². The Hall–Kier alpha value is -1.48. The zero-order chi connectivity index (χ0) is 13.0. The number of imidazole rings is 1. The van der Waals surface area contributed by atoms with E-state index in [0.717, 1.165) is 34.9 Å². The summed E-state index contributed by atoms with van der Waals surface area (Å²) in [5.74, 6) is 0.949. The lowest BCUT2D eigenvalue weighted by Crippen LogP contribution is -2.04. The number of nitrogens with zero attached hydrogens (tertiary/aromatic N) is 2. The second-order valence-corrected chi connectivity index (χ2v) is 4.81. The van der Waals surface area contributed by atoms with Crippen molar-refractivity contribution < 1.29 is 4.74 Å². The van der Waals surface area contributed by atoms with E-state index in [1.807, 2.05) is 43.1 Å². The number of ether oxygens (including phenoxy) is 1. The van der Waals surface area contributed by atoms with Crippen molar-refractivity contribution in [1.82, 2.24) is 9.55 Å². The molecule has 0 amide bonds. The first-order valence-corrected chi connectivity index (χ1v) is 6.40. The Morgan fingerprint density at radius 3 is 2.61 bits per heavy atom. The quantitative estimate of drug-likeness (QED) is 0.771. The molecule has 2 rings (SSSR count). The van der Waals surface area contributed by atoms with Crippen molar-refractivity contribution in [3.05, 3.63) is 47.0 Å². The standard InChI is InChI=1S/C14H17ClN2O/c1-11-8-13(15)9-12(2)14(11)18-7-3-5-17-6-4-16-10-17/h4,6,8-10H,3,5,7H2,1-2H3. The van der Waals surface area contributed by atoms with Gasteiger partial charge in [0.2, 0.25) is 0 Å². The van der Waals surface area contributed by atoms with Gasteiger partial charge in [-0.05, 0) is 43.5 Å². The van der Waals surface area contributed by atoms with Crippen LogP contribution in [0.5, 0.6) is 5.75 Å². The molecule has 0 aliphatic rings. The topological polar surface area (TPSA) is 27.1 Å². The van der Waals surface area contributed by atoms with Gasteiger partial charge in [-0.25, -0.2) is 4.98 Å². The van der Waals surface area contributed by atoms with Crippen molar-refractivity contribution >= 4 is 11.6 Å². The molecule has 0 aliphatic heterocycles. The summed E-state index contributed by atoms with van der Waals surface area (Å²) in [4.78, 5) is 4.00. The normalized spacial score (nSPS) is 10.6. The first-order chi connectivity index (χ1) is 8.66. The second-order valence-electron chi connectivity index (χ2n) is 4.37. The molecule has 96 valence electrons. The van der Waals surface area contributed by atoms with E-state index >= 15 is 0 Å². The van der Waals surface area contributed by atoms with Crippen molar-refractivity contribution in [3.8, 4) is 5.75 Å². The van der Waals surface area contributed by atoms with Crippen LogP contribution in [0.1, 0.15) is 17.5 Å². The zero-order valence-corrected chi connectivity index (χ0v) is 11.4. The van der Waals surface area contributed by atoms with Crippen molar-refractivity contribution in [2.24, 2.45) is 0 Å². The molecule has 0 fully saturated rings. The summed E-state index contributed by atoms with van der Waals surface area (Å²) in [5.41, 5.74) is 2.17. The van der Waals surface area contributed by atoms with Crippen LogP contribution in [0.15, 0.2) is 30.9 Å². The van der Waals surface area contributed by atoms with Crippen LogP contribution in [0.4, 0.5) is 0 Å². The van der Waals surface area contributed by atoms with Crippen LogP contribution < -0.4 is 4.74 Å². The van der Waals surface area contributed by atoms with Crippen LogP contribution in [-0.2, 0) is 6.54 Å². The molecular weight excluding hydrogens is 248 g/mol. The van der Waals surface area contributed by atoms with Gasteiger partial charge in [-0.2, -0.15) is 0 Å². The van der Waals surface area contributed by atoms with Gasteiger partial charge in [0, 0.05) is 24.0 Å². The van der Waals surface area contributed by atoms with Gasteiger partial charge in [0.25, 0.3) is 0 Å². The molecule has 0 unspecified atom stereocenters. The summed E-state index contributed by atoms with van der Waals surface area (Å²) in [7, 11) is 0. The van der Waals surface area contributed by atoms with Gasteiger partial charge in [-0.15, -0.1) is 0 Å². The Balaban J connectivity index is 1.87. The lowest BCUT2D eigenvalue weighted by molar-refractivity contribution is 0.298. The molecule has 18 heavy (non-hydrogen) atoms. The van der Waals surface area contributed by atoms with Crippen LogP contribution in [0.2, 0.25) is 5.02 Å². The Kier molecular flexibility index (Phi) is 4.26. The van der Waals surface area contributed by atoms with E-state index < -0.39 is 0 Å². The van der Waals surface area contributed by atoms with Gasteiger partial charge in [-0.3, -0.25) is 0 Å². The highest BCUT2D eigenvalue weighted by molar-refractivity contribution is 6.30. The maximum absolute atomic E-state index is 5.99. The fourth-order valence-electron chi connectivity index (χ4n) is 1.97. The molecule has 3 nitrogen and oxygen atoms in total. The lowest BCUT2D eigenvalue weighted by Gasteiger charge is -2.12. The Morgan fingerprint density at radius 2 is 2.00 bits per heavy atom. The lowest BCUT2D eigenvalue weighted by atomic mass is 10.1. The number of hydrogen-bond donors (Lipinski definition) is 0. The van der Waals surface area contributed by atoms with E-state index in [2.05, 4.69) is 4.98 Å². The minimum Gasteiger partial charge on any atom is -0.493 e. The first-order valence-electron chi connectivity index (χ1n) is 6.02. The molecule has 0 saturated heterocycles. The maximum Gasteiger partial charge on any atom is 0.125 e. The van der Waals surface area contributed by atoms with Gasteiger partial charge in [0.15, 0.2) is 0 Å². The summed E-state index contributed by atoms with van der Waals surface area (Å²) in [6, 6.07) is 3.86. The van der Waals surface area contributed by atoms with Crippen LogP contribution in [0.25, 0.3) is 0 Å². The summed E-state index contributed by atoms with van der Waals surface area (Å²) in [6.45, 7) is 5.65. The molecule has 0 bridgehead atoms. The van der Waals surface area contributed by atoms with Crippen LogP contribution in [0, 0.1) is 13.8 Å². The number of halogens is 1. The third kappa shape index (κ3) is 3.26. The molecule has 0 atom stereocenters. The van der Waals surface area contributed by atoms with Crippen molar-refractivity contribution in [2.75, 3.05) is 6.61 Å². The van der Waals surface area contributed by atoms with E-state index in [4.69, 9.17) is 16.3 Å². The molecular formula is C14H17ClN2O. The zero-order valence-electron chi connectivity index (χ0n) is 10.7. The molecule has 0 spiro atoms. The number of aryl methyl sites for hydroxylation is 3. The average molecular weight is 265 g/mol. The highest BCUT2D eigenvalue weighted by Gasteiger charge is 2.05. The fraction of sp³-hybridized carbons (Fsp3) is 0.357. The summed E-state index contributed by atoms with van der Waals surface area (Å²) >= 11 is 5.99. The monoisotopic (exact) mass is 264 g/mol. The molecule has 0 radical (unpaired) electrons. The molecule has 1 heterocycles. The van der Waals surface area contributed by atoms with Crippen LogP contribution in [-0.4, -0.2) is 16.2 Å². The van der Waals surface area contributed by atoms with Crippen molar-refractivity contribution in [1.29, 1.82) is 0 Å². The van der Waals surface area contributed by atoms with Gasteiger partial charge in [0.05, 0.1) is 12.9 Å². The third-order valence-electron chi connectivity index (χ3n) is 2.79. The molecule has 1 aromatic heterocycles. The molecule has 0 saturated carbocycles. The highest BCUT2D eigenvalue weighted by Crippen LogP contribution is 2.27. The van der Waals surface area contributed by atoms with E-state index in [1.54, 1.807) is 6.20 Å². The molecule has 0 aliphatic carbocycles. The first kappa shape index (κ1) is 13.0. The predicted molar refractivity (Wildman–Crippen MR) is 73.3 cm³/mol. The van der Waals surface area contributed by atoms with Gasteiger partial charge in [0.1, 0.15) is 5.75 Å². The second kappa shape index (κ2) is 5.91. The summed E-state index contributed by atoms with van der Waals surface area (Å²) in [6.07, 6.45) is 6.52. The largest absolute Gasteiger partial charge is 0.493 e.